The van der Waals surface area contributed by atoms with Crippen molar-refractivity contribution in [2.24, 2.45) is 0 Å². The Morgan fingerprint density at radius 3 is 2.70 bits per heavy atom. The van der Waals surface area contributed by atoms with E-state index in [2.05, 4.69) is 16.5 Å². The molecule has 0 aliphatic heterocycles. The van der Waals surface area contributed by atoms with E-state index in [-0.39, 0.29) is 11.4 Å². The van der Waals surface area contributed by atoms with Gasteiger partial charge in [-0.25, -0.2) is 4.98 Å². The van der Waals surface area contributed by atoms with Gasteiger partial charge < -0.3 is 8.98 Å². The fraction of sp³-hybridized carbons (Fsp3) is 0.267. The van der Waals surface area contributed by atoms with Crippen LogP contribution in [-0.4, -0.2) is 9.55 Å². The number of benzene rings is 1. The van der Waals surface area contributed by atoms with Crippen molar-refractivity contribution in [3.8, 4) is 0 Å². The Bertz CT molecular complexity index is 732. The standard InChI is InChI=1S/C15H14Cl2N2O/c1-9(16)15-18-12-6-5-11(17)8-13(12)19(15)10(2)14-4-3-7-20-14/h3-10H,1-2H3. The Morgan fingerprint density at radius 1 is 1.25 bits per heavy atom. The lowest BCUT2D eigenvalue weighted by molar-refractivity contribution is 0.444. The normalized spacial score (nSPS) is 14.6. The lowest BCUT2D eigenvalue weighted by Crippen LogP contribution is -2.10. The smallest absolute Gasteiger partial charge is 0.128 e. The van der Waals surface area contributed by atoms with E-state index >= 15 is 0 Å². The zero-order valence-corrected chi connectivity index (χ0v) is 12.7. The lowest BCUT2D eigenvalue weighted by Gasteiger charge is -2.16. The van der Waals surface area contributed by atoms with E-state index in [0.29, 0.717) is 5.02 Å². The molecule has 0 bridgehead atoms. The van der Waals surface area contributed by atoms with Crippen LogP contribution in [0.25, 0.3) is 11.0 Å². The maximum absolute atomic E-state index is 6.28. The molecule has 0 aliphatic carbocycles. The van der Waals surface area contributed by atoms with Crippen LogP contribution in [0.2, 0.25) is 5.02 Å². The molecule has 104 valence electrons. The molecule has 3 nitrogen and oxygen atoms in total. The summed E-state index contributed by atoms with van der Waals surface area (Å²) in [6.45, 7) is 3.97. The number of furan rings is 1. The second kappa shape index (κ2) is 5.15. The third kappa shape index (κ3) is 2.21. The largest absolute Gasteiger partial charge is 0.467 e. The molecule has 0 aliphatic rings. The molecule has 5 heteroatoms. The number of alkyl halides is 1. The van der Waals surface area contributed by atoms with Crippen molar-refractivity contribution in [2.45, 2.75) is 25.3 Å². The molecule has 3 aromatic rings. The fourth-order valence-electron chi connectivity index (χ4n) is 2.43. The molecule has 2 atom stereocenters. The molecular formula is C15H14Cl2N2O. The van der Waals surface area contributed by atoms with E-state index < -0.39 is 0 Å². The van der Waals surface area contributed by atoms with Crippen molar-refractivity contribution >= 4 is 34.2 Å². The molecule has 2 heterocycles. The average Bonchev–Trinajstić information content (AvgIpc) is 3.04. The summed E-state index contributed by atoms with van der Waals surface area (Å²) in [6.07, 6.45) is 1.67. The van der Waals surface area contributed by atoms with Crippen LogP contribution < -0.4 is 0 Å². The number of nitrogens with zero attached hydrogens (tertiary/aromatic N) is 2. The molecular weight excluding hydrogens is 295 g/mol. The van der Waals surface area contributed by atoms with Crippen LogP contribution in [0.15, 0.2) is 41.0 Å². The maximum Gasteiger partial charge on any atom is 0.128 e. The van der Waals surface area contributed by atoms with Crippen LogP contribution in [-0.2, 0) is 0 Å². The number of aromatic nitrogens is 2. The Morgan fingerprint density at radius 2 is 2.05 bits per heavy atom. The average molecular weight is 309 g/mol. The van der Waals surface area contributed by atoms with Crippen molar-refractivity contribution < 1.29 is 4.42 Å². The molecule has 0 radical (unpaired) electrons. The van der Waals surface area contributed by atoms with Gasteiger partial charge in [-0.1, -0.05) is 11.6 Å². The predicted molar refractivity (Wildman–Crippen MR) is 81.5 cm³/mol. The SMILES string of the molecule is CC(Cl)c1nc2ccc(Cl)cc2n1C(C)c1ccco1. The van der Waals surface area contributed by atoms with E-state index in [4.69, 9.17) is 27.6 Å². The van der Waals surface area contributed by atoms with Crippen LogP contribution in [0.4, 0.5) is 0 Å². The first-order chi connectivity index (χ1) is 9.58. The first kappa shape index (κ1) is 13.5. The summed E-state index contributed by atoms with van der Waals surface area (Å²) < 4.78 is 7.59. The van der Waals surface area contributed by atoms with Crippen LogP contribution in [0.5, 0.6) is 0 Å². The first-order valence-corrected chi connectivity index (χ1v) is 7.24. The molecule has 0 fully saturated rings. The number of hydrogen-bond donors (Lipinski definition) is 0. The number of imidazole rings is 1. The van der Waals surface area contributed by atoms with Gasteiger partial charge in [0.2, 0.25) is 0 Å². The summed E-state index contributed by atoms with van der Waals surface area (Å²) in [4.78, 5) is 4.61. The topological polar surface area (TPSA) is 31.0 Å². The second-order valence-corrected chi connectivity index (χ2v) is 5.87. The minimum atomic E-state index is -0.196. The third-order valence-electron chi connectivity index (χ3n) is 3.38. The highest BCUT2D eigenvalue weighted by atomic mass is 35.5. The van der Waals surface area contributed by atoms with Crippen LogP contribution >= 0.6 is 23.2 Å². The number of hydrogen-bond acceptors (Lipinski definition) is 2. The van der Waals surface area contributed by atoms with E-state index in [1.807, 2.05) is 37.3 Å². The molecule has 0 saturated carbocycles. The molecule has 0 N–H and O–H groups in total. The van der Waals surface area contributed by atoms with E-state index in [0.717, 1.165) is 22.6 Å². The summed E-state index contributed by atoms with van der Waals surface area (Å²) in [5, 5.41) is 0.484. The van der Waals surface area contributed by atoms with Gasteiger partial charge >= 0.3 is 0 Å². The quantitative estimate of drug-likeness (QED) is 0.623. The first-order valence-electron chi connectivity index (χ1n) is 6.43. The second-order valence-electron chi connectivity index (χ2n) is 4.78. The number of fused-ring (bicyclic) bond motifs is 1. The molecule has 0 amide bonds. The van der Waals surface area contributed by atoms with Crippen molar-refractivity contribution in [3.63, 3.8) is 0 Å². The van der Waals surface area contributed by atoms with E-state index in [9.17, 15) is 0 Å². The third-order valence-corrected chi connectivity index (χ3v) is 3.81. The van der Waals surface area contributed by atoms with Gasteiger partial charge in [0.15, 0.2) is 0 Å². The zero-order valence-electron chi connectivity index (χ0n) is 11.2. The van der Waals surface area contributed by atoms with Gasteiger partial charge in [0, 0.05) is 5.02 Å². The monoisotopic (exact) mass is 308 g/mol. The van der Waals surface area contributed by atoms with Crippen LogP contribution in [0.1, 0.15) is 36.9 Å². The lowest BCUT2D eigenvalue weighted by atomic mass is 10.2. The van der Waals surface area contributed by atoms with E-state index in [1.54, 1.807) is 6.26 Å². The van der Waals surface area contributed by atoms with Crippen molar-refractivity contribution in [1.29, 1.82) is 0 Å². The van der Waals surface area contributed by atoms with Crippen molar-refractivity contribution in [2.75, 3.05) is 0 Å². The number of rotatable bonds is 3. The molecule has 20 heavy (non-hydrogen) atoms. The Hall–Kier alpha value is -1.45. The maximum atomic E-state index is 6.28. The van der Waals surface area contributed by atoms with Gasteiger partial charge in [-0.05, 0) is 44.2 Å². The van der Waals surface area contributed by atoms with E-state index in [1.165, 1.54) is 0 Å². The summed E-state index contributed by atoms with van der Waals surface area (Å²) in [7, 11) is 0. The van der Waals surface area contributed by atoms with Crippen molar-refractivity contribution in [3.05, 3.63) is 53.2 Å². The highest BCUT2D eigenvalue weighted by molar-refractivity contribution is 6.31. The summed E-state index contributed by atoms with van der Waals surface area (Å²) in [6, 6.07) is 9.48. The minimum Gasteiger partial charge on any atom is -0.467 e. The fourth-order valence-corrected chi connectivity index (χ4v) is 2.75. The zero-order chi connectivity index (χ0) is 14.3. The number of halogens is 2. The van der Waals surface area contributed by atoms with Gasteiger partial charge in [0.1, 0.15) is 11.6 Å². The van der Waals surface area contributed by atoms with Gasteiger partial charge in [-0.15, -0.1) is 11.6 Å². The van der Waals surface area contributed by atoms with Gasteiger partial charge in [0.25, 0.3) is 0 Å². The molecule has 0 spiro atoms. The molecule has 2 unspecified atom stereocenters. The van der Waals surface area contributed by atoms with Crippen LogP contribution in [0, 0.1) is 0 Å². The van der Waals surface area contributed by atoms with Gasteiger partial charge in [-0.2, -0.15) is 0 Å². The molecule has 3 rings (SSSR count). The Labute approximate surface area is 127 Å². The van der Waals surface area contributed by atoms with Gasteiger partial charge in [-0.3, -0.25) is 0 Å². The van der Waals surface area contributed by atoms with Crippen molar-refractivity contribution in [1.82, 2.24) is 9.55 Å². The molecule has 1 aromatic carbocycles. The highest BCUT2D eigenvalue weighted by Crippen LogP contribution is 2.32. The van der Waals surface area contributed by atoms with Crippen LogP contribution in [0.3, 0.4) is 0 Å². The predicted octanol–water partition coefficient (Wildman–Crippen LogP) is 5.19. The summed E-state index contributed by atoms with van der Waals surface area (Å²) in [5.74, 6) is 1.68. The Balaban J connectivity index is 2.25. The molecule has 2 aromatic heterocycles. The minimum absolute atomic E-state index is 0.00432. The highest BCUT2D eigenvalue weighted by Gasteiger charge is 2.21. The molecule has 0 saturated heterocycles. The Kier molecular flexibility index (Phi) is 3.48. The summed E-state index contributed by atoms with van der Waals surface area (Å²) >= 11 is 12.4. The van der Waals surface area contributed by atoms with Gasteiger partial charge in [0.05, 0.1) is 28.7 Å². The summed E-state index contributed by atoms with van der Waals surface area (Å²) in [5.41, 5.74) is 1.85.